The fourth-order valence-electron chi connectivity index (χ4n) is 6.19. The molecule has 1 aliphatic rings. The summed E-state index contributed by atoms with van der Waals surface area (Å²) in [5.41, 5.74) is 4.15. The summed E-state index contributed by atoms with van der Waals surface area (Å²) in [5.74, 6) is -0.596. The van der Waals surface area contributed by atoms with Crippen LogP contribution in [0.3, 0.4) is 0 Å². The first-order valence-electron chi connectivity index (χ1n) is 15.5. The number of hydrogen-bond donors (Lipinski definition) is 0. The average molecular weight is 578 g/mol. The average Bonchev–Trinajstić information content (AvgIpc) is 3.50. The number of methoxy groups -OCH3 is 1. The molecule has 3 aromatic carbocycles. The molecule has 0 aliphatic heterocycles. The Morgan fingerprint density at radius 1 is 0.814 bits per heavy atom. The van der Waals surface area contributed by atoms with Crippen LogP contribution >= 0.6 is 0 Å². The minimum Gasteiger partial charge on any atom is -0.383 e. The van der Waals surface area contributed by atoms with E-state index in [1.807, 2.05) is 71.6 Å². The molecule has 2 amide bonds. The number of benzene rings is 3. The molecule has 5 rings (SSSR count). The highest BCUT2D eigenvalue weighted by Gasteiger charge is 2.32. The Balaban J connectivity index is 1.41. The van der Waals surface area contributed by atoms with Crippen LogP contribution in [0.5, 0.6) is 0 Å². The first-order valence-corrected chi connectivity index (χ1v) is 15.5. The molecule has 0 radical (unpaired) electrons. The SMILES string of the molecule is COCCN(CC(=O)N(Cc1cccn1Cc1ccccc1)C1CCCCC1)C(=O)C(c1ccccc1)c1ccccc1. The maximum atomic E-state index is 14.4. The Bertz CT molecular complexity index is 1380. The number of amides is 2. The Kier molecular flexibility index (Phi) is 10.8. The second-order valence-electron chi connectivity index (χ2n) is 11.4. The fraction of sp³-hybridized carbons (Fsp3) is 0.351. The lowest BCUT2D eigenvalue weighted by Gasteiger charge is -2.36. The van der Waals surface area contributed by atoms with E-state index in [1.165, 1.54) is 12.0 Å². The Morgan fingerprint density at radius 2 is 1.42 bits per heavy atom. The van der Waals surface area contributed by atoms with Gasteiger partial charge < -0.3 is 19.1 Å². The lowest BCUT2D eigenvalue weighted by molar-refractivity contribution is -0.143. The van der Waals surface area contributed by atoms with Gasteiger partial charge in [0.15, 0.2) is 0 Å². The van der Waals surface area contributed by atoms with Crippen molar-refractivity contribution in [1.29, 1.82) is 0 Å². The van der Waals surface area contributed by atoms with Crippen molar-refractivity contribution in [3.05, 3.63) is 132 Å². The second kappa shape index (κ2) is 15.4. The lowest BCUT2D eigenvalue weighted by atomic mass is 9.90. The van der Waals surface area contributed by atoms with Crippen LogP contribution in [-0.2, 0) is 27.4 Å². The maximum Gasteiger partial charge on any atom is 0.242 e. The molecular weight excluding hydrogens is 534 g/mol. The predicted octanol–water partition coefficient (Wildman–Crippen LogP) is 6.50. The van der Waals surface area contributed by atoms with E-state index in [1.54, 1.807) is 12.0 Å². The summed E-state index contributed by atoms with van der Waals surface area (Å²) in [4.78, 5) is 32.4. The molecule has 1 saturated carbocycles. The minimum absolute atomic E-state index is 0.0105. The first-order chi connectivity index (χ1) is 21.1. The molecule has 4 aromatic rings. The van der Waals surface area contributed by atoms with Gasteiger partial charge in [-0.15, -0.1) is 0 Å². The van der Waals surface area contributed by atoms with E-state index in [2.05, 4.69) is 47.2 Å². The van der Waals surface area contributed by atoms with Gasteiger partial charge in [0, 0.05) is 38.1 Å². The number of hydrogen-bond acceptors (Lipinski definition) is 3. The molecule has 43 heavy (non-hydrogen) atoms. The lowest BCUT2D eigenvalue weighted by Crippen LogP contribution is -2.49. The third-order valence-corrected chi connectivity index (χ3v) is 8.50. The summed E-state index contributed by atoms with van der Waals surface area (Å²) in [6.07, 6.45) is 7.52. The molecule has 1 fully saturated rings. The highest BCUT2D eigenvalue weighted by Crippen LogP contribution is 2.28. The molecule has 0 saturated heterocycles. The molecule has 224 valence electrons. The van der Waals surface area contributed by atoms with Crippen molar-refractivity contribution >= 4 is 11.8 Å². The molecule has 1 heterocycles. The zero-order valence-electron chi connectivity index (χ0n) is 25.2. The van der Waals surface area contributed by atoms with Gasteiger partial charge in [-0.3, -0.25) is 9.59 Å². The molecule has 6 nitrogen and oxygen atoms in total. The molecule has 0 atom stereocenters. The van der Waals surface area contributed by atoms with Crippen LogP contribution in [-0.4, -0.2) is 59.0 Å². The van der Waals surface area contributed by atoms with Gasteiger partial charge in [-0.1, -0.05) is 110 Å². The fourth-order valence-corrected chi connectivity index (χ4v) is 6.19. The number of ether oxygens (including phenoxy) is 1. The molecule has 1 aliphatic carbocycles. The number of nitrogens with zero attached hydrogens (tertiary/aromatic N) is 3. The van der Waals surface area contributed by atoms with Gasteiger partial charge in [-0.05, 0) is 41.7 Å². The number of rotatable bonds is 13. The highest BCUT2D eigenvalue weighted by molar-refractivity contribution is 5.91. The van der Waals surface area contributed by atoms with E-state index in [0.717, 1.165) is 49.0 Å². The summed E-state index contributed by atoms with van der Waals surface area (Å²) < 4.78 is 7.64. The Hall–Kier alpha value is -4.16. The zero-order valence-corrected chi connectivity index (χ0v) is 25.2. The maximum absolute atomic E-state index is 14.4. The normalized spacial score (nSPS) is 13.6. The van der Waals surface area contributed by atoms with Crippen LogP contribution in [0.2, 0.25) is 0 Å². The van der Waals surface area contributed by atoms with Gasteiger partial charge in [-0.25, -0.2) is 0 Å². The molecular formula is C37H43N3O3. The third-order valence-electron chi connectivity index (χ3n) is 8.50. The van der Waals surface area contributed by atoms with Gasteiger partial charge in [0.25, 0.3) is 0 Å². The molecule has 6 heteroatoms. The zero-order chi connectivity index (χ0) is 29.9. The van der Waals surface area contributed by atoms with Crippen molar-refractivity contribution in [3.63, 3.8) is 0 Å². The van der Waals surface area contributed by atoms with Crippen LogP contribution in [0.1, 0.15) is 60.4 Å². The second-order valence-corrected chi connectivity index (χ2v) is 11.4. The van der Waals surface area contributed by atoms with Crippen molar-refractivity contribution in [3.8, 4) is 0 Å². The van der Waals surface area contributed by atoms with Crippen LogP contribution in [0.15, 0.2) is 109 Å². The van der Waals surface area contributed by atoms with E-state index in [-0.39, 0.29) is 24.4 Å². The van der Waals surface area contributed by atoms with Crippen LogP contribution in [0, 0.1) is 0 Å². The summed E-state index contributed by atoms with van der Waals surface area (Å²) in [6, 6.07) is 34.4. The van der Waals surface area contributed by atoms with E-state index in [0.29, 0.717) is 19.7 Å². The van der Waals surface area contributed by atoms with Crippen LogP contribution in [0.25, 0.3) is 0 Å². The highest BCUT2D eigenvalue weighted by atomic mass is 16.5. The van der Waals surface area contributed by atoms with Gasteiger partial charge in [0.2, 0.25) is 11.8 Å². The monoisotopic (exact) mass is 577 g/mol. The van der Waals surface area contributed by atoms with Crippen molar-refractivity contribution in [2.75, 3.05) is 26.8 Å². The molecule has 0 N–H and O–H groups in total. The van der Waals surface area contributed by atoms with Crippen molar-refractivity contribution in [2.45, 2.75) is 57.2 Å². The molecule has 0 unspecified atom stereocenters. The number of carbonyl (C=O) groups excluding carboxylic acids is 2. The standard InChI is InChI=1S/C37H43N3O3/c1-43-26-25-39(37(42)36(31-17-8-3-9-18-31)32-19-10-4-11-20-32)29-35(41)40(33-21-12-5-13-22-33)28-34-23-14-24-38(34)27-30-15-6-2-7-16-30/h2-4,6-11,14-20,23-24,33,36H,5,12-13,21-22,25-29H2,1H3. The third kappa shape index (κ3) is 8.02. The van der Waals surface area contributed by atoms with Gasteiger partial charge in [0.1, 0.15) is 0 Å². The van der Waals surface area contributed by atoms with E-state index in [9.17, 15) is 9.59 Å². The van der Waals surface area contributed by atoms with E-state index >= 15 is 0 Å². The largest absolute Gasteiger partial charge is 0.383 e. The number of carbonyl (C=O) groups is 2. The van der Waals surface area contributed by atoms with Crippen LogP contribution < -0.4 is 0 Å². The summed E-state index contributed by atoms with van der Waals surface area (Å²) in [5, 5.41) is 0. The minimum atomic E-state index is -0.502. The van der Waals surface area contributed by atoms with Crippen molar-refractivity contribution in [1.82, 2.24) is 14.4 Å². The quantitative estimate of drug-likeness (QED) is 0.182. The van der Waals surface area contributed by atoms with Crippen molar-refractivity contribution < 1.29 is 14.3 Å². The smallest absolute Gasteiger partial charge is 0.242 e. The van der Waals surface area contributed by atoms with Crippen LogP contribution in [0.4, 0.5) is 0 Å². The van der Waals surface area contributed by atoms with E-state index in [4.69, 9.17) is 4.74 Å². The van der Waals surface area contributed by atoms with Gasteiger partial charge in [-0.2, -0.15) is 0 Å². The molecule has 0 spiro atoms. The van der Waals surface area contributed by atoms with Gasteiger partial charge >= 0.3 is 0 Å². The summed E-state index contributed by atoms with van der Waals surface area (Å²) in [7, 11) is 1.63. The summed E-state index contributed by atoms with van der Waals surface area (Å²) >= 11 is 0. The summed E-state index contributed by atoms with van der Waals surface area (Å²) in [6.45, 7) is 2.01. The van der Waals surface area contributed by atoms with E-state index < -0.39 is 5.92 Å². The Labute approximate surface area is 255 Å². The topological polar surface area (TPSA) is 54.8 Å². The molecule has 1 aromatic heterocycles. The first kappa shape index (κ1) is 30.3. The van der Waals surface area contributed by atoms with Crippen molar-refractivity contribution in [2.24, 2.45) is 0 Å². The number of aromatic nitrogens is 1. The molecule has 0 bridgehead atoms. The Morgan fingerprint density at radius 3 is 2.02 bits per heavy atom. The van der Waals surface area contributed by atoms with Gasteiger partial charge in [0.05, 0.1) is 25.6 Å². The predicted molar refractivity (Wildman–Crippen MR) is 171 cm³/mol.